The number of fused-ring (bicyclic) bond motifs is 3. The zero-order valence-electron chi connectivity index (χ0n) is 39.1. The first kappa shape index (κ1) is 42.9. The van der Waals surface area contributed by atoms with Gasteiger partial charge in [0.2, 0.25) is 0 Å². The summed E-state index contributed by atoms with van der Waals surface area (Å²) in [7, 11) is 0. The summed E-state index contributed by atoms with van der Waals surface area (Å²) in [5, 5.41) is 0. The Bertz CT molecular complexity index is 3220. The van der Waals surface area contributed by atoms with E-state index in [1.807, 2.05) is 12.2 Å². The summed E-state index contributed by atoms with van der Waals surface area (Å²) in [6.45, 7) is 12.9. The van der Waals surface area contributed by atoms with Crippen LogP contribution in [-0.2, 0) is 5.41 Å². The van der Waals surface area contributed by atoms with Gasteiger partial charge in [-0.15, -0.1) is 0 Å². The molecular weight excluding hydrogens is 833 g/mol. The third kappa shape index (κ3) is 8.28. The van der Waals surface area contributed by atoms with Gasteiger partial charge in [-0.25, -0.2) is 0 Å². The van der Waals surface area contributed by atoms with Gasteiger partial charge in [-0.05, 0) is 151 Å². The van der Waals surface area contributed by atoms with E-state index in [4.69, 9.17) is 0 Å². The van der Waals surface area contributed by atoms with E-state index in [1.165, 1.54) is 66.8 Å². The molecule has 330 valence electrons. The number of hydrogen-bond acceptors (Lipinski definition) is 2. The standard InChI is InChI=1S/C67H52N2/c1-5-47-15-13-21-59(43-47)68(57-35-31-55(32-36-57)53-27-23-51(24-28-53)49-17-9-7-10-18-49)61-39-41-63-64-42-40-62(46-66(64)67(3,4)65(63)45-61)69(60-22-14-16-48(6-2)44-60)58-37-33-56(34-38-58)54-29-25-52(26-30-54)50-19-11-8-12-20-50/h5-46H,1-2H2,3-4H3. The summed E-state index contributed by atoms with van der Waals surface area (Å²) in [5.74, 6) is 0. The summed E-state index contributed by atoms with van der Waals surface area (Å²) in [6, 6.07) is 87.9. The molecule has 1 aliphatic carbocycles. The monoisotopic (exact) mass is 884 g/mol. The van der Waals surface area contributed by atoms with Crippen LogP contribution in [0.2, 0.25) is 0 Å². The molecule has 10 aromatic rings. The highest BCUT2D eigenvalue weighted by Gasteiger charge is 2.37. The predicted molar refractivity (Wildman–Crippen MR) is 295 cm³/mol. The van der Waals surface area contributed by atoms with Crippen molar-refractivity contribution in [2.75, 3.05) is 9.80 Å². The van der Waals surface area contributed by atoms with Crippen molar-refractivity contribution in [3.63, 3.8) is 0 Å². The first-order chi connectivity index (χ1) is 33.8. The van der Waals surface area contributed by atoms with Gasteiger partial charge in [-0.3, -0.25) is 0 Å². The normalized spacial score (nSPS) is 12.1. The van der Waals surface area contributed by atoms with E-state index in [0.717, 1.165) is 45.3 Å². The molecule has 0 atom stereocenters. The molecule has 10 aromatic carbocycles. The van der Waals surface area contributed by atoms with Crippen LogP contribution >= 0.6 is 0 Å². The van der Waals surface area contributed by atoms with Crippen LogP contribution in [0, 0.1) is 0 Å². The summed E-state index contributed by atoms with van der Waals surface area (Å²) in [4.78, 5) is 4.74. The van der Waals surface area contributed by atoms with Crippen LogP contribution in [0.5, 0.6) is 0 Å². The Kier molecular flexibility index (Phi) is 11.3. The molecule has 0 saturated carbocycles. The molecule has 69 heavy (non-hydrogen) atoms. The quantitative estimate of drug-likeness (QED) is 0.121. The lowest BCUT2D eigenvalue weighted by Crippen LogP contribution is -2.17. The van der Waals surface area contributed by atoms with Gasteiger partial charge in [0, 0.05) is 39.5 Å². The second-order valence-electron chi connectivity index (χ2n) is 18.3. The molecule has 2 nitrogen and oxygen atoms in total. The lowest BCUT2D eigenvalue weighted by atomic mass is 9.82. The Morgan fingerprint density at radius 3 is 0.913 bits per heavy atom. The predicted octanol–water partition coefficient (Wildman–Crippen LogP) is 18.9. The average molecular weight is 885 g/mol. The topological polar surface area (TPSA) is 6.48 Å². The number of anilines is 6. The lowest BCUT2D eigenvalue weighted by Gasteiger charge is -2.29. The summed E-state index contributed by atoms with van der Waals surface area (Å²) < 4.78 is 0. The van der Waals surface area contributed by atoms with E-state index in [1.54, 1.807) is 0 Å². The van der Waals surface area contributed by atoms with Gasteiger partial charge in [0.25, 0.3) is 0 Å². The van der Waals surface area contributed by atoms with Gasteiger partial charge in [0.15, 0.2) is 0 Å². The fraction of sp³-hybridized carbons (Fsp3) is 0.0448. The molecular formula is C67H52N2. The van der Waals surface area contributed by atoms with Gasteiger partial charge >= 0.3 is 0 Å². The van der Waals surface area contributed by atoms with Gasteiger partial charge in [-0.2, -0.15) is 0 Å². The molecule has 0 aromatic heterocycles. The van der Waals surface area contributed by atoms with Crippen molar-refractivity contribution in [1.29, 1.82) is 0 Å². The van der Waals surface area contributed by atoms with E-state index in [0.29, 0.717) is 0 Å². The molecule has 0 fully saturated rings. The van der Waals surface area contributed by atoms with Crippen LogP contribution in [0.25, 0.3) is 67.8 Å². The Morgan fingerprint density at radius 1 is 0.290 bits per heavy atom. The van der Waals surface area contributed by atoms with Crippen LogP contribution in [0.4, 0.5) is 34.1 Å². The van der Waals surface area contributed by atoms with Crippen molar-refractivity contribution < 1.29 is 0 Å². The van der Waals surface area contributed by atoms with E-state index in [2.05, 4.69) is 279 Å². The van der Waals surface area contributed by atoms with Crippen LogP contribution in [0.15, 0.2) is 256 Å². The molecule has 0 spiro atoms. The fourth-order valence-electron chi connectivity index (χ4n) is 10.0. The highest BCUT2D eigenvalue weighted by Crippen LogP contribution is 2.52. The highest BCUT2D eigenvalue weighted by atomic mass is 15.1. The van der Waals surface area contributed by atoms with Crippen molar-refractivity contribution in [2.24, 2.45) is 0 Å². The van der Waals surface area contributed by atoms with E-state index in [9.17, 15) is 0 Å². The first-order valence-electron chi connectivity index (χ1n) is 23.7. The highest BCUT2D eigenvalue weighted by molar-refractivity contribution is 5.89. The first-order valence-corrected chi connectivity index (χ1v) is 23.7. The summed E-state index contributed by atoms with van der Waals surface area (Å²) >= 11 is 0. The molecule has 0 aliphatic heterocycles. The van der Waals surface area contributed by atoms with E-state index >= 15 is 0 Å². The van der Waals surface area contributed by atoms with Crippen molar-refractivity contribution in [2.45, 2.75) is 19.3 Å². The number of benzene rings is 10. The van der Waals surface area contributed by atoms with Crippen molar-refractivity contribution >= 4 is 46.3 Å². The second-order valence-corrected chi connectivity index (χ2v) is 18.3. The third-order valence-corrected chi connectivity index (χ3v) is 13.8. The molecule has 0 radical (unpaired) electrons. The zero-order valence-corrected chi connectivity index (χ0v) is 39.1. The maximum absolute atomic E-state index is 4.10. The summed E-state index contributed by atoms with van der Waals surface area (Å²) in [5.41, 5.74) is 23.1. The molecule has 2 heteroatoms. The Morgan fingerprint density at radius 2 is 0.580 bits per heavy atom. The van der Waals surface area contributed by atoms with Gasteiger partial charge < -0.3 is 9.80 Å². The largest absolute Gasteiger partial charge is 0.310 e. The van der Waals surface area contributed by atoms with Crippen molar-refractivity contribution in [3.05, 3.63) is 278 Å². The molecule has 0 N–H and O–H groups in total. The minimum Gasteiger partial charge on any atom is -0.310 e. The number of rotatable bonds is 12. The smallest absolute Gasteiger partial charge is 0.0467 e. The van der Waals surface area contributed by atoms with E-state index < -0.39 is 0 Å². The maximum Gasteiger partial charge on any atom is 0.0467 e. The molecule has 0 heterocycles. The van der Waals surface area contributed by atoms with Crippen LogP contribution < -0.4 is 9.80 Å². The van der Waals surface area contributed by atoms with Crippen LogP contribution in [-0.4, -0.2) is 0 Å². The molecule has 1 aliphatic rings. The molecule has 0 bridgehead atoms. The lowest BCUT2D eigenvalue weighted by molar-refractivity contribution is 0.660. The number of nitrogens with zero attached hydrogens (tertiary/aromatic N) is 2. The molecule has 0 saturated heterocycles. The van der Waals surface area contributed by atoms with Crippen LogP contribution in [0.1, 0.15) is 36.1 Å². The molecule has 11 rings (SSSR count). The SMILES string of the molecule is C=Cc1cccc(N(c2ccc(-c3ccc(-c4ccccc4)cc3)cc2)c2ccc3c(c2)C(C)(C)c2cc(N(c4ccc(-c5ccc(-c6ccccc6)cc5)cc4)c4cccc(C=C)c4)ccc2-3)c1. The molecule has 0 unspecified atom stereocenters. The van der Waals surface area contributed by atoms with E-state index in [-0.39, 0.29) is 5.41 Å². The van der Waals surface area contributed by atoms with Crippen molar-refractivity contribution in [3.8, 4) is 55.6 Å². The minimum atomic E-state index is -0.286. The number of hydrogen-bond donors (Lipinski definition) is 0. The van der Waals surface area contributed by atoms with Crippen molar-refractivity contribution in [1.82, 2.24) is 0 Å². The third-order valence-electron chi connectivity index (χ3n) is 13.8. The molecule has 0 amide bonds. The Balaban J connectivity index is 0.931. The van der Waals surface area contributed by atoms with Gasteiger partial charge in [-0.1, -0.05) is 209 Å². The Hall–Kier alpha value is -8.72. The second kappa shape index (κ2) is 18.2. The van der Waals surface area contributed by atoms with Gasteiger partial charge in [0.1, 0.15) is 0 Å². The minimum absolute atomic E-state index is 0.286. The van der Waals surface area contributed by atoms with Gasteiger partial charge in [0.05, 0.1) is 0 Å². The zero-order chi connectivity index (χ0) is 46.9. The summed E-state index contributed by atoms with van der Waals surface area (Å²) in [6.07, 6.45) is 3.83. The average Bonchev–Trinajstić information content (AvgIpc) is 3.64. The Labute approximate surface area is 407 Å². The fourth-order valence-corrected chi connectivity index (χ4v) is 10.0. The van der Waals surface area contributed by atoms with Crippen LogP contribution in [0.3, 0.4) is 0 Å². The maximum atomic E-state index is 4.10.